The summed E-state index contributed by atoms with van der Waals surface area (Å²) in [4.78, 5) is 32.8. The van der Waals surface area contributed by atoms with Crippen LogP contribution in [0.2, 0.25) is 0 Å². The lowest BCUT2D eigenvalue weighted by Crippen LogP contribution is -2.29. The molecule has 1 aromatic carbocycles. The van der Waals surface area contributed by atoms with E-state index in [4.69, 9.17) is 4.74 Å². The van der Waals surface area contributed by atoms with E-state index < -0.39 is 23.7 Å². The molecule has 9 nitrogen and oxygen atoms in total. The van der Waals surface area contributed by atoms with Crippen LogP contribution in [0.4, 0.5) is 19.0 Å². The standard InChI is InChI=1S/C24H21F3N6O3/c1-13(16-6-4-5-7-18(16)24(25,26)27)29-22(35)17-10-15(11-28-23(17)36-3)19-8-9-21-31-20(30-14(2)34)12-33(21)32-19/h4-13H,1-3H3,(H,29,35)(H,30,34). The molecular weight excluding hydrogens is 477 g/mol. The van der Waals surface area contributed by atoms with Crippen molar-refractivity contribution in [2.24, 2.45) is 0 Å². The van der Waals surface area contributed by atoms with Gasteiger partial charge < -0.3 is 15.4 Å². The van der Waals surface area contributed by atoms with E-state index in [2.05, 4.69) is 25.7 Å². The molecule has 0 fully saturated rings. The van der Waals surface area contributed by atoms with Gasteiger partial charge in [-0.1, -0.05) is 18.2 Å². The number of halogens is 3. The molecule has 2 amide bonds. The van der Waals surface area contributed by atoms with Crippen molar-refractivity contribution in [3.63, 3.8) is 0 Å². The number of hydrogen-bond donors (Lipinski definition) is 2. The van der Waals surface area contributed by atoms with Crippen LogP contribution in [-0.4, -0.2) is 38.5 Å². The number of aromatic nitrogens is 4. The highest BCUT2D eigenvalue weighted by Gasteiger charge is 2.34. The zero-order valence-corrected chi connectivity index (χ0v) is 19.4. The van der Waals surface area contributed by atoms with Gasteiger partial charge in [0, 0.05) is 18.7 Å². The number of methoxy groups -OCH3 is 1. The Labute approximate surface area is 203 Å². The molecular formula is C24H21F3N6O3. The lowest BCUT2D eigenvalue weighted by atomic mass is 10.0. The summed E-state index contributed by atoms with van der Waals surface area (Å²) in [6.45, 7) is 2.83. The van der Waals surface area contributed by atoms with Crippen molar-refractivity contribution in [3.8, 4) is 17.1 Å². The minimum Gasteiger partial charge on any atom is -0.480 e. The van der Waals surface area contributed by atoms with Crippen LogP contribution in [0.1, 0.15) is 41.4 Å². The summed E-state index contributed by atoms with van der Waals surface area (Å²) in [6, 6.07) is 8.93. The van der Waals surface area contributed by atoms with Crippen molar-refractivity contribution < 1.29 is 27.5 Å². The summed E-state index contributed by atoms with van der Waals surface area (Å²) >= 11 is 0. The Morgan fingerprint density at radius 1 is 1.14 bits per heavy atom. The summed E-state index contributed by atoms with van der Waals surface area (Å²) in [6.07, 6.45) is -1.57. The first-order valence-corrected chi connectivity index (χ1v) is 10.7. The van der Waals surface area contributed by atoms with Crippen molar-refractivity contribution in [3.05, 3.63) is 71.5 Å². The molecule has 0 saturated heterocycles. The average molecular weight is 498 g/mol. The Kier molecular flexibility index (Phi) is 6.60. The maximum atomic E-state index is 13.4. The fourth-order valence-corrected chi connectivity index (χ4v) is 3.68. The molecule has 3 heterocycles. The smallest absolute Gasteiger partial charge is 0.416 e. The summed E-state index contributed by atoms with van der Waals surface area (Å²) in [7, 11) is 1.33. The summed E-state index contributed by atoms with van der Waals surface area (Å²) in [5.74, 6) is -0.611. The number of rotatable bonds is 6. The number of ether oxygens (including phenoxy) is 1. The second kappa shape index (κ2) is 9.64. The number of nitrogens with one attached hydrogen (secondary N) is 2. The molecule has 4 rings (SSSR count). The molecule has 0 bridgehead atoms. The SMILES string of the molecule is COc1ncc(-c2ccc3nc(NC(C)=O)cn3n2)cc1C(=O)NC(C)c1ccccc1C(F)(F)F. The fraction of sp³-hybridized carbons (Fsp3) is 0.208. The third-order valence-electron chi connectivity index (χ3n) is 5.29. The van der Waals surface area contributed by atoms with Gasteiger partial charge in [0.2, 0.25) is 11.8 Å². The second-order valence-corrected chi connectivity index (χ2v) is 7.89. The van der Waals surface area contributed by atoms with E-state index in [1.54, 1.807) is 12.1 Å². The molecule has 0 radical (unpaired) electrons. The van der Waals surface area contributed by atoms with E-state index >= 15 is 0 Å². The van der Waals surface area contributed by atoms with E-state index in [9.17, 15) is 22.8 Å². The Balaban J connectivity index is 1.64. The number of carbonyl (C=O) groups excluding carboxylic acids is 2. The fourth-order valence-electron chi connectivity index (χ4n) is 3.68. The van der Waals surface area contributed by atoms with Gasteiger partial charge in [-0.2, -0.15) is 18.3 Å². The van der Waals surface area contributed by atoms with Crippen molar-refractivity contribution in [1.29, 1.82) is 0 Å². The maximum Gasteiger partial charge on any atom is 0.416 e. The Bertz CT molecular complexity index is 1450. The third-order valence-corrected chi connectivity index (χ3v) is 5.29. The molecule has 4 aromatic rings. The Morgan fingerprint density at radius 3 is 2.58 bits per heavy atom. The predicted molar refractivity (Wildman–Crippen MR) is 124 cm³/mol. The van der Waals surface area contributed by atoms with Crippen LogP contribution in [0.3, 0.4) is 0 Å². The number of carbonyl (C=O) groups is 2. The number of nitrogens with zero attached hydrogens (tertiary/aromatic N) is 4. The zero-order valence-electron chi connectivity index (χ0n) is 19.4. The first-order valence-electron chi connectivity index (χ1n) is 10.7. The van der Waals surface area contributed by atoms with E-state index in [1.165, 1.54) is 62.1 Å². The minimum atomic E-state index is -4.56. The number of fused-ring (bicyclic) bond motifs is 1. The molecule has 2 N–H and O–H groups in total. The first-order chi connectivity index (χ1) is 17.1. The van der Waals surface area contributed by atoms with E-state index in [0.29, 0.717) is 22.7 Å². The molecule has 0 saturated carbocycles. The molecule has 1 unspecified atom stereocenters. The number of alkyl halides is 3. The number of benzene rings is 1. The molecule has 1 atom stereocenters. The first kappa shape index (κ1) is 24.6. The van der Waals surface area contributed by atoms with Gasteiger partial charge in [-0.3, -0.25) is 9.59 Å². The quantitative estimate of drug-likeness (QED) is 0.411. The van der Waals surface area contributed by atoms with Crippen LogP contribution in [-0.2, 0) is 11.0 Å². The maximum absolute atomic E-state index is 13.4. The molecule has 0 aliphatic heterocycles. The highest BCUT2D eigenvalue weighted by molar-refractivity contribution is 5.97. The van der Waals surface area contributed by atoms with Gasteiger partial charge in [0.05, 0.1) is 30.6 Å². The van der Waals surface area contributed by atoms with Crippen molar-refractivity contribution >= 4 is 23.3 Å². The van der Waals surface area contributed by atoms with Gasteiger partial charge >= 0.3 is 6.18 Å². The van der Waals surface area contributed by atoms with E-state index in [1.807, 2.05) is 0 Å². The van der Waals surface area contributed by atoms with Gasteiger partial charge in [-0.15, -0.1) is 0 Å². The lowest BCUT2D eigenvalue weighted by molar-refractivity contribution is -0.138. The third kappa shape index (κ3) is 5.11. The van der Waals surface area contributed by atoms with Gasteiger partial charge in [0.15, 0.2) is 11.5 Å². The van der Waals surface area contributed by atoms with Gasteiger partial charge in [-0.05, 0) is 36.8 Å². The van der Waals surface area contributed by atoms with Crippen LogP contribution in [0, 0.1) is 0 Å². The van der Waals surface area contributed by atoms with Crippen LogP contribution < -0.4 is 15.4 Å². The minimum absolute atomic E-state index is 0.00390. The highest BCUT2D eigenvalue weighted by Crippen LogP contribution is 2.34. The van der Waals surface area contributed by atoms with Gasteiger partial charge in [0.1, 0.15) is 5.56 Å². The van der Waals surface area contributed by atoms with Crippen molar-refractivity contribution in [1.82, 2.24) is 24.9 Å². The molecule has 186 valence electrons. The monoisotopic (exact) mass is 498 g/mol. The number of pyridine rings is 1. The van der Waals surface area contributed by atoms with Crippen molar-refractivity contribution in [2.45, 2.75) is 26.1 Å². The van der Waals surface area contributed by atoms with E-state index in [-0.39, 0.29) is 22.9 Å². The normalized spacial score (nSPS) is 12.3. The topological polar surface area (TPSA) is 111 Å². The van der Waals surface area contributed by atoms with Crippen molar-refractivity contribution in [2.75, 3.05) is 12.4 Å². The number of imidazole rings is 1. The van der Waals surface area contributed by atoms with Crippen LogP contribution in [0.15, 0.2) is 54.9 Å². The summed E-state index contributed by atoms with van der Waals surface area (Å²) in [5, 5.41) is 9.61. The predicted octanol–water partition coefficient (Wildman–Crippen LogP) is 4.27. The molecule has 0 aliphatic carbocycles. The van der Waals surface area contributed by atoms with Gasteiger partial charge in [-0.25, -0.2) is 14.5 Å². The second-order valence-electron chi connectivity index (χ2n) is 7.89. The highest BCUT2D eigenvalue weighted by atomic mass is 19.4. The Hall–Kier alpha value is -4.48. The molecule has 3 aromatic heterocycles. The van der Waals surface area contributed by atoms with Crippen LogP contribution in [0.25, 0.3) is 16.9 Å². The summed E-state index contributed by atoms with van der Waals surface area (Å²) < 4.78 is 46.9. The zero-order chi connectivity index (χ0) is 26.0. The molecule has 0 aliphatic rings. The van der Waals surface area contributed by atoms with E-state index in [0.717, 1.165) is 6.07 Å². The molecule has 36 heavy (non-hydrogen) atoms. The number of hydrogen-bond acceptors (Lipinski definition) is 6. The largest absolute Gasteiger partial charge is 0.480 e. The average Bonchev–Trinajstić information content (AvgIpc) is 3.23. The van der Waals surface area contributed by atoms with Crippen LogP contribution >= 0.6 is 0 Å². The molecule has 12 heteroatoms. The molecule has 0 spiro atoms. The number of amides is 2. The van der Waals surface area contributed by atoms with Gasteiger partial charge in [0.25, 0.3) is 5.91 Å². The lowest BCUT2D eigenvalue weighted by Gasteiger charge is -2.20. The summed E-state index contributed by atoms with van der Waals surface area (Å²) in [5.41, 5.74) is 0.517. The Morgan fingerprint density at radius 2 is 1.89 bits per heavy atom. The number of anilines is 1. The van der Waals surface area contributed by atoms with Crippen LogP contribution in [0.5, 0.6) is 5.88 Å².